The van der Waals surface area contributed by atoms with Crippen LogP contribution in [0, 0.1) is 0 Å². The number of amides is 1. The molecule has 0 saturated carbocycles. The molecule has 0 N–H and O–H groups in total. The van der Waals surface area contributed by atoms with Crippen LogP contribution in [0.3, 0.4) is 0 Å². The van der Waals surface area contributed by atoms with Gasteiger partial charge in [0, 0.05) is 25.0 Å². The standard InChI is InChI=1S/C29H32N2O3/c1-29(2,3)34-28(32)30-13-11-23-24-17-20(22-10-6-8-19-7-4-5-9-21(19)22)18-26-27(24)31(15-16-33-26)25(23)12-14-30/h4-10,17-18,23,25H,11-16H2,1-3H3. The first-order valence-corrected chi connectivity index (χ1v) is 12.4. The zero-order chi connectivity index (χ0) is 23.4. The maximum Gasteiger partial charge on any atom is 0.410 e. The lowest BCUT2D eigenvalue weighted by Gasteiger charge is -2.33. The fourth-order valence-corrected chi connectivity index (χ4v) is 5.99. The van der Waals surface area contributed by atoms with Crippen molar-refractivity contribution in [3.05, 3.63) is 60.2 Å². The molecule has 0 aromatic heterocycles. The van der Waals surface area contributed by atoms with Crippen LogP contribution in [0.15, 0.2) is 54.6 Å². The number of carbonyl (C=O) groups is 1. The highest BCUT2D eigenvalue weighted by atomic mass is 16.6. The molecular weight excluding hydrogens is 424 g/mol. The summed E-state index contributed by atoms with van der Waals surface area (Å²) in [6.45, 7) is 8.84. The van der Waals surface area contributed by atoms with E-state index in [0.29, 0.717) is 18.6 Å². The highest BCUT2D eigenvalue weighted by Gasteiger charge is 2.44. The van der Waals surface area contributed by atoms with Gasteiger partial charge in [0.1, 0.15) is 18.0 Å². The summed E-state index contributed by atoms with van der Waals surface area (Å²) in [5, 5.41) is 2.51. The third-order valence-corrected chi connectivity index (χ3v) is 7.40. The van der Waals surface area contributed by atoms with Crippen molar-refractivity contribution in [3.63, 3.8) is 0 Å². The van der Waals surface area contributed by atoms with Crippen molar-refractivity contribution in [2.75, 3.05) is 31.1 Å². The van der Waals surface area contributed by atoms with E-state index < -0.39 is 5.60 Å². The van der Waals surface area contributed by atoms with E-state index in [9.17, 15) is 4.79 Å². The van der Waals surface area contributed by atoms with Gasteiger partial charge in [0.05, 0.1) is 12.2 Å². The lowest BCUT2D eigenvalue weighted by molar-refractivity contribution is 0.0255. The van der Waals surface area contributed by atoms with Gasteiger partial charge >= 0.3 is 6.09 Å². The number of benzene rings is 3. The van der Waals surface area contributed by atoms with Crippen molar-refractivity contribution in [2.45, 2.75) is 51.2 Å². The molecule has 3 aliphatic rings. The third kappa shape index (κ3) is 3.58. The van der Waals surface area contributed by atoms with Crippen LogP contribution in [0.1, 0.15) is 45.1 Å². The molecule has 34 heavy (non-hydrogen) atoms. The molecule has 1 fully saturated rings. The Labute approximate surface area is 201 Å². The average molecular weight is 457 g/mol. The molecule has 6 rings (SSSR count). The quantitative estimate of drug-likeness (QED) is 0.437. The molecule has 1 saturated heterocycles. The minimum atomic E-state index is -0.474. The molecule has 2 atom stereocenters. The molecule has 1 amide bonds. The molecule has 3 aromatic rings. The van der Waals surface area contributed by atoms with Crippen molar-refractivity contribution in [3.8, 4) is 16.9 Å². The lowest BCUT2D eigenvalue weighted by atomic mass is 9.88. The monoisotopic (exact) mass is 456 g/mol. The number of ether oxygens (including phenoxy) is 2. The maximum atomic E-state index is 12.8. The second-order valence-corrected chi connectivity index (χ2v) is 10.7. The number of carbonyl (C=O) groups excluding carboxylic acids is 1. The van der Waals surface area contributed by atoms with Crippen LogP contribution < -0.4 is 9.64 Å². The molecule has 5 nitrogen and oxygen atoms in total. The Morgan fingerprint density at radius 3 is 2.65 bits per heavy atom. The van der Waals surface area contributed by atoms with Crippen molar-refractivity contribution >= 4 is 22.6 Å². The minimum Gasteiger partial charge on any atom is -0.490 e. The predicted molar refractivity (Wildman–Crippen MR) is 136 cm³/mol. The summed E-state index contributed by atoms with van der Waals surface area (Å²) in [6.07, 6.45) is 1.69. The summed E-state index contributed by atoms with van der Waals surface area (Å²) in [4.78, 5) is 17.2. The van der Waals surface area contributed by atoms with Gasteiger partial charge in [0.25, 0.3) is 0 Å². The topological polar surface area (TPSA) is 42.0 Å². The SMILES string of the molecule is CC(C)(C)OC(=O)N1CCC2c3cc(-c4cccc5ccccc45)cc4c3N(CCO4)C2CC1. The molecule has 5 heteroatoms. The Bertz CT molecular complexity index is 1260. The molecule has 0 aliphatic carbocycles. The van der Waals surface area contributed by atoms with Gasteiger partial charge in [0.2, 0.25) is 0 Å². The predicted octanol–water partition coefficient (Wildman–Crippen LogP) is 6.20. The highest BCUT2D eigenvalue weighted by Crippen LogP contribution is 2.52. The van der Waals surface area contributed by atoms with Gasteiger partial charge in [-0.1, -0.05) is 42.5 Å². The van der Waals surface area contributed by atoms with Gasteiger partial charge in [-0.15, -0.1) is 0 Å². The second-order valence-electron chi connectivity index (χ2n) is 10.7. The van der Waals surface area contributed by atoms with E-state index in [2.05, 4.69) is 59.5 Å². The Balaban J connectivity index is 1.38. The van der Waals surface area contributed by atoms with Gasteiger partial charge in [-0.3, -0.25) is 0 Å². The van der Waals surface area contributed by atoms with Gasteiger partial charge in [0.15, 0.2) is 0 Å². The number of anilines is 1. The van der Waals surface area contributed by atoms with Crippen molar-refractivity contribution in [1.29, 1.82) is 0 Å². The largest absolute Gasteiger partial charge is 0.490 e. The van der Waals surface area contributed by atoms with Crippen LogP contribution in [-0.2, 0) is 4.74 Å². The fourth-order valence-electron chi connectivity index (χ4n) is 5.99. The van der Waals surface area contributed by atoms with Gasteiger partial charge < -0.3 is 19.3 Å². The first kappa shape index (κ1) is 21.3. The normalized spacial score (nSPS) is 21.5. The summed E-state index contributed by atoms with van der Waals surface area (Å²) in [5.41, 5.74) is 4.62. The van der Waals surface area contributed by atoms with Gasteiger partial charge in [-0.2, -0.15) is 0 Å². The van der Waals surface area contributed by atoms with Crippen LogP contribution >= 0.6 is 0 Å². The van der Waals surface area contributed by atoms with E-state index in [4.69, 9.17) is 9.47 Å². The summed E-state index contributed by atoms with van der Waals surface area (Å²) < 4.78 is 11.9. The molecule has 3 aliphatic heterocycles. The summed E-state index contributed by atoms with van der Waals surface area (Å²) in [7, 11) is 0. The second kappa shape index (κ2) is 7.93. The van der Waals surface area contributed by atoms with Crippen molar-refractivity contribution < 1.29 is 14.3 Å². The van der Waals surface area contributed by atoms with Crippen molar-refractivity contribution in [2.24, 2.45) is 0 Å². The van der Waals surface area contributed by atoms with Crippen LogP contribution in [-0.4, -0.2) is 48.9 Å². The first-order valence-electron chi connectivity index (χ1n) is 12.4. The van der Waals surface area contributed by atoms with Gasteiger partial charge in [-0.25, -0.2) is 4.79 Å². The van der Waals surface area contributed by atoms with Crippen LogP contribution in [0.2, 0.25) is 0 Å². The first-order chi connectivity index (χ1) is 16.4. The van der Waals surface area contributed by atoms with E-state index in [-0.39, 0.29) is 6.09 Å². The molecule has 0 bridgehead atoms. The number of nitrogens with zero attached hydrogens (tertiary/aromatic N) is 2. The van der Waals surface area contributed by atoms with Gasteiger partial charge in [-0.05, 0) is 73.2 Å². The molecule has 2 unspecified atom stereocenters. The minimum absolute atomic E-state index is 0.195. The van der Waals surface area contributed by atoms with E-state index >= 15 is 0 Å². The zero-order valence-electron chi connectivity index (χ0n) is 20.2. The number of hydrogen-bond donors (Lipinski definition) is 0. The zero-order valence-corrected chi connectivity index (χ0v) is 20.2. The molecule has 176 valence electrons. The lowest BCUT2D eigenvalue weighted by Crippen LogP contribution is -2.41. The fraction of sp³-hybridized carbons (Fsp3) is 0.414. The average Bonchev–Trinajstić information content (AvgIpc) is 2.97. The highest BCUT2D eigenvalue weighted by molar-refractivity contribution is 5.97. The summed E-state index contributed by atoms with van der Waals surface area (Å²) in [6, 6.07) is 20.1. The molecular formula is C29H32N2O3. The van der Waals surface area contributed by atoms with E-state index in [0.717, 1.165) is 38.2 Å². The molecule has 3 aromatic carbocycles. The number of fused-ring (bicyclic) bond motifs is 4. The Morgan fingerprint density at radius 2 is 1.79 bits per heavy atom. The van der Waals surface area contributed by atoms with Crippen LogP contribution in [0.25, 0.3) is 21.9 Å². The number of likely N-dealkylation sites (tertiary alicyclic amines) is 1. The summed E-state index contributed by atoms with van der Waals surface area (Å²) >= 11 is 0. The Morgan fingerprint density at radius 1 is 1.00 bits per heavy atom. The number of hydrogen-bond acceptors (Lipinski definition) is 4. The van der Waals surface area contributed by atoms with E-state index in [1.54, 1.807) is 0 Å². The molecule has 0 spiro atoms. The van der Waals surface area contributed by atoms with Crippen LogP contribution in [0.4, 0.5) is 10.5 Å². The van der Waals surface area contributed by atoms with Crippen molar-refractivity contribution in [1.82, 2.24) is 4.90 Å². The smallest absolute Gasteiger partial charge is 0.410 e. The maximum absolute atomic E-state index is 12.8. The third-order valence-electron chi connectivity index (χ3n) is 7.40. The number of rotatable bonds is 1. The molecule has 0 radical (unpaired) electrons. The van der Waals surface area contributed by atoms with Crippen LogP contribution in [0.5, 0.6) is 5.75 Å². The van der Waals surface area contributed by atoms with E-state index in [1.165, 1.54) is 33.2 Å². The van der Waals surface area contributed by atoms with E-state index in [1.807, 2.05) is 25.7 Å². The molecule has 3 heterocycles. The summed E-state index contributed by atoms with van der Waals surface area (Å²) in [5.74, 6) is 1.39. The Kier molecular flexibility index (Phi) is 4.98. The Hall–Kier alpha value is -3.21.